The van der Waals surface area contributed by atoms with Gasteiger partial charge in [-0.2, -0.15) is 0 Å². The van der Waals surface area contributed by atoms with Gasteiger partial charge in [-0.1, -0.05) is 32.4 Å². The van der Waals surface area contributed by atoms with Gasteiger partial charge in [0.2, 0.25) is 0 Å². The lowest BCUT2D eigenvalue weighted by Crippen LogP contribution is -2.31. The zero-order valence-electron chi connectivity index (χ0n) is 10.8. The number of halogens is 1. The first-order chi connectivity index (χ1) is 8.26. The highest BCUT2D eigenvalue weighted by Crippen LogP contribution is 2.33. The quantitative estimate of drug-likeness (QED) is 0.814. The Morgan fingerprint density at radius 1 is 1.41 bits per heavy atom. The van der Waals surface area contributed by atoms with Crippen molar-refractivity contribution in [2.24, 2.45) is 0 Å². The van der Waals surface area contributed by atoms with E-state index in [0.29, 0.717) is 12.1 Å². The van der Waals surface area contributed by atoms with Gasteiger partial charge < -0.3 is 5.32 Å². The minimum atomic E-state index is -0.0321. The molecule has 0 amide bonds. The van der Waals surface area contributed by atoms with Gasteiger partial charge in [-0.3, -0.25) is 0 Å². The molecule has 0 bridgehead atoms. The van der Waals surface area contributed by atoms with Gasteiger partial charge in [-0.05, 0) is 42.9 Å². The molecule has 1 aliphatic carbocycles. The molecular weight excluding hydrogens is 213 g/mol. The van der Waals surface area contributed by atoms with Gasteiger partial charge in [0.25, 0.3) is 0 Å². The van der Waals surface area contributed by atoms with Gasteiger partial charge in [0.05, 0.1) is 0 Å². The molecule has 1 aliphatic rings. The Labute approximate surface area is 103 Å². The number of fused-ring (bicyclic) bond motifs is 1. The van der Waals surface area contributed by atoms with Crippen molar-refractivity contribution in [2.75, 3.05) is 0 Å². The number of benzene rings is 1. The Bertz CT molecular complexity index is 375. The molecule has 2 heteroatoms. The number of nitrogens with one attached hydrogen (secondary N) is 1. The summed E-state index contributed by atoms with van der Waals surface area (Å²) in [4.78, 5) is 0. The SMILES string of the molecule is CCCC(CC)NC1CCc2c(F)cccc21. The molecule has 1 nitrogen and oxygen atoms in total. The zero-order chi connectivity index (χ0) is 12.3. The minimum Gasteiger partial charge on any atom is -0.307 e. The van der Waals surface area contributed by atoms with E-state index in [0.717, 1.165) is 24.8 Å². The molecule has 2 atom stereocenters. The van der Waals surface area contributed by atoms with Crippen LogP contribution in [-0.4, -0.2) is 6.04 Å². The van der Waals surface area contributed by atoms with Gasteiger partial charge >= 0.3 is 0 Å². The average Bonchev–Trinajstić information content (AvgIpc) is 2.73. The molecule has 0 saturated carbocycles. The third-order valence-electron chi connectivity index (χ3n) is 3.78. The Hall–Kier alpha value is -0.890. The molecule has 1 aromatic rings. The summed E-state index contributed by atoms with van der Waals surface area (Å²) in [5, 5.41) is 3.68. The standard InChI is InChI=1S/C15H22FN/c1-3-6-11(4-2)17-15-10-9-12-13(15)7-5-8-14(12)16/h5,7-8,11,15,17H,3-4,6,9-10H2,1-2H3. The van der Waals surface area contributed by atoms with Crippen LogP contribution in [0.25, 0.3) is 0 Å². The third kappa shape index (κ3) is 2.68. The van der Waals surface area contributed by atoms with Crippen molar-refractivity contribution in [1.29, 1.82) is 0 Å². The average molecular weight is 235 g/mol. The highest BCUT2D eigenvalue weighted by atomic mass is 19.1. The van der Waals surface area contributed by atoms with Crippen LogP contribution in [0.15, 0.2) is 18.2 Å². The smallest absolute Gasteiger partial charge is 0.126 e. The summed E-state index contributed by atoms with van der Waals surface area (Å²) in [5.41, 5.74) is 2.11. The Morgan fingerprint density at radius 2 is 2.24 bits per heavy atom. The molecule has 1 aromatic carbocycles. The van der Waals surface area contributed by atoms with Gasteiger partial charge in [-0.25, -0.2) is 4.39 Å². The van der Waals surface area contributed by atoms with Gasteiger partial charge in [0, 0.05) is 12.1 Å². The number of rotatable bonds is 5. The van der Waals surface area contributed by atoms with E-state index < -0.39 is 0 Å². The molecule has 0 radical (unpaired) electrons. The summed E-state index contributed by atoms with van der Waals surface area (Å²) in [7, 11) is 0. The lowest BCUT2D eigenvalue weighted by atomic mass is 10.0. The number of hydrogen-bond donors (Lipinski definition) is 1. The molecule has 1 N–H and O–H groups in total. The van der Waals surface area contributed by atoms with Crippen molar-refractivity contribution >= 4 is 0 Å². The first-order valence-corrected chi connectivity index (χ1v) is 6.79. The highest BCUT2D eigenvalue weighted by molar-refractivity contribution is 5.35. The first-order valence-electron chi connectivity index (χ1n) is 6.79. The van der Waals surface area contributed by atoms with Crippen LogP contribution in [0.3, 0.4) is 0 Å². The van der Waals surface area contributed by atoms with E-state index in [-0.39, 0.29) is 5.82 Å². The Kier molecular flexibility index (Phi) is 4.16. The third-order valence-corrected chi connectivity index (χ3v) is 3.78. The summed E-state index contributed by atoms with van der Waals surface area (Å²) in [5.74, 6) is -0.0321. The molecule has 2 unspecified atom stereocenters. The van der Waals surface area contributed by atoms with Crippen LogP contribution in [0, 0.1) is 5.82 Å². The number of hydrogen-bond acceptors (Lipinski definition) is 1. The largest absolute Gasteiger partial charge is 0.307 e. The van der Waals surface area contributed by atoms with Crippen molar-refractivity contribution in [3.63, 3.8) is 0 Å². The monoisotopic (exact) mass is 235 g/mol. The summed E-state index contributed by atoms with van der Waals surface area (Å²) < 4.78 is 13.6. The van der Waals surface area contributed by atoms with Gasteiger partial charge in [0.1, 0.15) is 5.82 Å². The fourth-order valence-corrected chi connectivity index (χ4v) is 2.82. The minimum absolute atomic E-state index is 0.0321. The molecule has 0 heterocycles. The predicted molar refractivity (Wildman–Crippen MR) is 69.6 cm³/mol. The molecule has 94 valence electrons. The predicted octanol–water partition coefficient (Wildman–Crippen LogP) is 3.98. The van der Waals surface area contributed by atoms with Crippen LogP contribution in [0.4, 0.5) is 4.39 Å². The summed E-state index contributed by atoms with van der Waals surface area (Å²) in [6, 6.07) is 6.40. The van der Waals surface area contributed by atoms with Crippen LogP contribution in [0.2, 0.25) is 0 Å². The molecular formula is C15H22FN. The topological polar surface area (TPSA) is 12.0 Å². The van der Waals surface area contributed by atoms with Crippen LogP contribution in [0.1, 0.15) is 56.7 Å². The lowest BCUT2D eigenvalue weighted by Gasteiger charge is -2.22. The van der Waals surface area contributed by atoms with E-state index in [4.69, 9.17) is 0 Å². The van der Waals surface area contributed by atoms with Crippen LogP contribution >= 0.6 is 0 Å². The zero-order valence-corrected chi connectivity index (χ0v) is 10.8. The molecule has 17 heavy (non-hydrogen) atoms. The van der Waals surface area contributed by atoms with Crippen LogP contribution < -0.4 is 5.32 Å². The Morgan fingerprint density at radius 3 is 2.94 bits per heavy atom. The van der Waals surface area contributed by atoms with E-state index in [9.17, 15) is 4.39 Å². The van der Waals surface area contributed by atoms with Crippen molar-refractivity contribution in [3.8, 4) is 0 Å². The fourth-order valence-electron chi connectivity index (χ4n) is 2.82. The highest BCUT2D eigenvalue weighted by Gasteiger charge is 2.25. The summed E-state index contributed by atoms with van der Waals surface area (Å²) in [6.07, 6.45) is 5.47. The maximum atomic E-state index is 13.6. The van der Waals surface area contributed by atoms with E-state index in [1.807, 2.05) is 6.07 Å². The molecule has 0 aliphatic heterocycles. The maximum Gasteiger partial charge on any atom is 0.126 e. The van der Waals surface area contributed by atoms with E-state index >= 15 is 0 Å². The van der Waals surface area contributed by atoms with E-state index in [1.54, 1.807) is 6.07 Å². The summed E-state index contributed by atoms with van der Waals surface area (Å²) >= 11 is 0. The van der Waals surface area contributed by atoms with E-state index in [2.05, 4.69) is 25.2 Å². The van der Waals surface area contributed by atoms with Crippen molar-refractivity contribution in [3.05, 3.63) is 35.1 Å². The second kappa shape index (κ2) is 5.63. The fraction of sp³-hybridized carbons (Fsp3) is 0.600. The Balaban J connectivity index is 2.09. The van der Waals surface area contributed by atoms with Crippen molar-refractivity contribution in [1.82, 2.24) is 5.32 Å². The van der Waals surface area contributed by atoms with Gasteiger partial charge in [0.15, 0.2) is 0 Å². The molecule has 0 fully saturated rings. The molecule has 0 aromatic heterocycles. The lowest BCUT2D eigenvalue weighted by molar-refractivity contribution is 0.400. The maximum absolute atomic E-state index is 13.6. The second-order valence-electron chi connectivity index (χ2n) is 4.96. The summed E-state index contributed by atoms with van der Waals surface area (Å²) in [6.45, 7) is 4.43. The van der Waals surface area contributed by atoms with Crippen molar-refractivity contribution < 1.29 is 4.39 Å². The normalized spacial score (nSPS) is 20.3. The second-order valence-corrected chi connectivity index (χ2v) is 4.96. The molecule has 2 rings (SSSR count). The molecule has 0 saturated heterocycles. The van der Waals surface area contributed by atoms with Crippen LogP contribution in [-0.2, 0) is 6.42 Å². The van der Waals surface area contributed by atoms with E-state index in [1.165, 1.54) is 18.4 Å². The van der Waals surface area contributed by atoms with Gasteiger partial charge in [-0.15, -0.1) is 0 Å². The molecule has 0 spiro atoms. The van der Waals surface area contributed by atoms with Crippen LogP contribution in [0.5, 0.6) is 0 Å². The first kappa shape index (κ1) is 12.6. The van der Waals surface area contributed by atoms with Crippen molar-refractivity contribution in [2.45, 2.75) is 58.0 Å².